The highest BCUT2D eigenvalue weighted by atomic mass is 16.1. The number of benzene rings is 2. The second-order valence-electron chi connectivity index (χ2n) is 5.58. The van der Waals surface area contributed by atoms with Crippen molar-refractivity contribution in [1.82, 2.24) is 0 Å². The highest BCUT2D eigenvalue weighted by Crippen LogP contribution is 2.26. The van der Waals surface area contributed by atoms with Crippen LogP contribution < -0.4 is 0 Å². The molecule has 0 N–H and O–H groups in total. The first-order valence-electron chi connectivity index (χ1n) is 5.93. The van der Waals surface area contributed by atoms with Crippen LogP contribution in [0.1, 0.15) is 43.6 Å². The first kappa shape index (κ1) is 11.8. The summed E-state index contributed by atoms with van der Waals surface area (Å²) in [5, 5.41) is 2.33. The summed E-state index contributed by atoms with van der Waals surface area (Å²) in [5.41, 5.74) is 2.26. The highest BCUT2D eigenvalue weighted by molar-refractivity contribution is 5.98. The molecule has 0 aliphatic heterocycles. The monoisotopic (exact) mass is 226 g/mol. The average molecular weight is 226 g/mol. The van der Waals surface area contributed by atoms with Gasteiger partial charge in [-0.3, -0.25) is 4.79 Å². The fourth-order valence-electron chi connectivity index (χ4n) is 1.93. The van der Waals surface area contributed by atoms with E-state index in [1.807, 2.05) is 18.2 Å². The number of carbonyl (C=O) groups is 1. The van der Waals surface area contributed by atoms with E-state index in [0.29, 0.717) is 0 Å². The van der Waals surface area contributed by atoms with Gasteiger partial charge in [0.2, 0.25) is 0 Å². The molecule has 2 rings (SSSR count). The fraction of sp³-hybridized carbons (Fsp3) is 0.312. The summed E-state index contributed by atoms with van der Waals surface area (Å²) < 4.78 is 0. The Hall–Kier alpha value is -1.63. The lowest BCUT2D eigenvalue weighted by Gasteiger charge is -2.19. The van der Waals surface area contributed by atoms with Crippen molar-refractivity contribution in [2.45, 2.75) is 33.1 Å². The van der Waals surface area contributed by atoms with Crippen LogP contribution in [-0.2, 0) is 5.41 Å². The van der Waals surface area contributed by atoms with Crippen molar-refractivity contribution in [2.24, 2.45) is 0 Å². The molecule has 0 amide bonds. The lowest BCUT2D eigenvalue weighted by molar-refractivity contribution is 0.101. The van der Waals surface area contributed by atoms with E-state index in [4.69, 9.17) is 0 Å². The first-order chi connectivity index (χ1) is 7.88. The molecule has 0 bridgehead atoms. The molecule has 17 heavy (non-hydrogen) atoms. The summed E-state index contributed by atoms with van der Waals surface area (Å²) in [6.45, 7) is 8.22. The minimum atomic E-state index is 0.117. The van der Waals surface area contributed by atoms with E-state index in [9.17, 15) is 4.79 Å². The maximum absolute atomic E-state index is 11.3. The highest BCUT2D eigenvalue weighted by Gasteiger charge is 2.13. The van der Waals surface area contributed by atoms with Gasteiger partial charge in [0.05, 0.1) is 0 Å². The van der Waals surface area contributed by atoms with Gasteiger partial charge >= 0.3 is 0 Å². The molecule has 0 aliphatic carbocycles. The second kappa shape index (κ2) is 3.99. The summed E-state index contributed by atoms with van der Waals surface area (Å²) in [5.74, 6) is 0.117. The number of hydrogen-bond acceptors (Lipinski definition) is 1. The minimum absolute atomic E-state index is 0.117. The zero-order valence-electron chi connectivity index (χ0n) is 10.9. The lowest BCUT2D eigenvalue weighted by Crippen LogP contribution is -2.10. The van der Waals surface area contributed by atoms with Gasteiger partial charge in [-0.1, -0.05) is 51.1 Å². The minimum Gasteiger partial charge on any atom is -0.295 e. The molecule has 0 fully saturated rings. The Morgan fingerprint density at radius 1 is 0.941 bits per heavy atom. The van der Waals surface area contributed by atoms with Crippen molar-refractivity contribution in [3.8, 4) is 0 Å². The predicted molar refractivity (Wildman–Crippen MR) is 72.7 cm³/mol. The summed E-state index contributed by atoms with van der Waals surface area (Å²) in [4.78, 5) is 11.3. The zero-order valence-corrected chi connectivity index (χ0v) is 10.9. The number of hydrogen-bond donors (Lipinski definition) is 0. The third-order valence-corrected chi connectivity index (χ3v) is 3.11. The van der Waals surface area contributed by atoms with E-state index in [1.165, 1.54) is 10.9 Å². The molecular weight excluding hydrogens is 208 g/mol. The van der Waals surface area contributed by atoms with Crippen molar-refractivity contribution in [2.75, 3.05) is 0 Å². The Kier molecular flexibility index (Phi) is 2.78. The van der Waals surface area contributed by atoms with Gasteiger partial charge in [-0.25, -0.2) is 0 Å². The standard InChI is InChI=1S/C16H18O/c1-11(17)12-5-6-14-10-15(16(2,3)4)8-7-13(14)9-12/h5-10H,1-4H3. The van der Waals surface area contributed by atoms with Crippen molar-refractivity contribution in [1.29, 1.82) is 0 Å². The van der Waals surface area contributed by atoms with Crippen LogP contribution in [0.4, 0.5) is 0 Å². The SMILES string of the molecule is CC(=O)c1ccc2cc(C(C)(C)C)ccc2c1. The molecule has 0 heterocycles. The summed E-state index contributed by atoms with van der Waals surface area (Å²) >= 11 is 0. The maximum Gasteiger partial charge on any atom is 0.159 e. The normalized spacial score (nSPS) is 11.8. The van der Waals surface area contributed by atoms with Gasteiger partial charge in [0.1, 0.15) is 0 Å². The molecule has 0 radical (unpaired) electrons. The molecular formula is C16H18O. The van der Waals surface area contributed by atoms with Crippen LogP contribution in [0.25, 0.3) is 10.8 Å². The lowest BCUT2D eigenvalue weighted by atomic mass is 9.86. The molecule has 0 atom stereocenters. The van der Waals surface area contributed by atoms with Crippen LogP contribution in [0.3, 0.4) is 0 Å². The van der Waals surface area contributed by atoms with Crippen molar-refractivity contribution in [3.63, 3.8) is 0 Å². The molecule has 2 aromatic carbocycles. The molecule has 0 aromatic heterocycles. The van der Waals surface area contributed by atoms with E-state index in [2.05, 4.69) is 39.0 Å². The molecule has 1 nitrogen and oxygen atoms in total. The number of carbonyl (C=O) groups excluding carboxylic acids is 1. The molecule has 88 valence electrons. The van der Waals surface area contributed by atoms with E-state index in [0.717, 1.165) is 10.9 Å². The van der Waals surface area contributed by atoms with E-state index in [1.54, 1.807) is 6.92 Å². The summed E-state index contributed by atoms with van der Waals surface area (Å²) in [6, 6.07) is 12.3. The number of ketones is 1. The van der Waals surface area contributed by atoms with Gasteiger partial charge in [-0.2, -0.15) is 0 Å². The van der Waals surface area contributed by atoms with Crippen LogP contribution in [-0.4, -0.2) is 5.78 Å². The van der Waals surface area contributed by atoms with Gasteiger partial charge in [0.15, 0.2) is 5.78 Å². The number of rotatable bonds is 1. The van der Waals surface area contributed by atoms with E-state index >= 15 is 0 Å². The quantitative estimate of drug-likeness (QED) is 0.661. The van der Waals surface area contributed by atoms with Gasteiger partial charge in [0, 0.05) is 5.56 Å². The Morgan fingerprint density at radius 3 is 2.12 bits per heavy atom. The third kappa shape index (κ3) is 2.38. The fourth-order valence-corrected chi connectivity index (χ4v) is 1.93. The van der Waals surface area contributed by atoms with Crippen LogP contribution in [0, 0.1) is 0 Å². The van der Waals surface area contributed by atoms with E-state index in [-0.39, 0.29) is 11.2 Å². The average Bonchev–Trinajstić information content (AvgIpc) is 2.26. The molecule has 0 spiro atoms. The largest absolute Gasteiger partial charge is 0.295 e. The van der Waals surface area contributed by atoms with Gasteiger partial charge in [0.25, 0.3) is 0 Å². The Labute approximate surface area is 102 Å². The predicted octanol–water partition coefficient (Wildman–Crippen LogP) is 4.34. The van der Waals surface area contributed by atoms with Crippen LogP contribution in [0.15, 0.2) is 36.4 Å². The molecule has 1 heteroatoms. The molecule has 0 saturated carbocycles. The number of Topliss-reactive ketones (excluding diaryl/α,β-unsaturated/α-hetero) is 1. The number of fused-ring (bicyclic) bond motifs is 1. The smallest absolute Gasteiger partial charge is 0.159 e. The molecule has 0 aliphatic rings. The Balaban J connectivity index is 2.58. The third-order valence-electron chi connectivity index (χ3n) is 3.11. The molecule has 0 unspecified atom stereocenters. The van der Waals surface area contributed by atoms with Crippen molar-refractivity contribution in [3.05, 3.63) is 47.5 Å². The van der Waals surface area contributed by atoms with Gasteiger partial charge in [-0.15, -0.1) is 0 Å². The van der Waals surface area contributed by atoms with Gasteiger partial charge in [-0.05, 0) is 34.7 Å². The topological polar surface area (TPSA) is 17.1 Å². The zero-order chi connectivity index (χ0) is 12.6. The maximum atomic E-state index is 11.3. The first-order valence-corrected chi connectivity index (χ1v) is 5.93. The second-order valence-corrected chi connectivity index (χ2v) is 5.58. The van der Waals surface area contributed by atoms with Crippen LogP contribution >= 0.6 is 0 Å². The van der Waals surface area contributed by atoms with Crippen LogP contribution in [0.5, 0.6) is 0 Å². The molecule has 0 saturated heterocycles. The van der Waals surface area contributed by atoms with Crippen LogP contribution in [0.2, 0.25) is 0 Å². The molecule has 2 aromatic rings. The van der Waals surface area contributed by atoms with E-state index < -0.39 is 0 Å². The Morgan fingerprint density at radius 2 is 1.53 bits per heavy atom. The summed E-state index contributed by atoms with van der Waals surface area (Å²) in [6.07, 6.45) is 0. The van der Waals surface area contributed by atoms with Crippen molar-refractivity contribution >= 4 is 16.6 Å². The van der Waals surface area contributed by atoms with Gasteiger partial charge < -0.3 is 0 Å². The summed E-state index contributed by atoms with van der Waals surface area (Å²) in [7, 11) is 0. The van der Waals surface area contributed by atoms with Crippen molar-refractivity contribution < 1.29 is 4.79 Å². The Bertz CT molecular complexity index is 574.